The van der Waals surface area contributed by atoms with E-state index in [2.05, 4.69) is 13.5 Å². The molecule has 0 fully saturated rings. The van der Waals surface area contributed by atoms with Crippen LogP contribution in [0.4, 0.5) is 8.78 Å². The summed E-state index contributed by atoms with van der Waals surface area (Å²) < 4.78 is 25.6. The molecule has 0 rings (SSSR count). The van der Waals surface area contributed by atoms with Crippen LogP contribution in [0.1, 0.15) is 45.4 Å². The molecule has 0 aliphatic heterocycles. The monoisotopic (exact) mass is 176 g/mol. The first-order valence-electron chi connectivity index (χ1n) is 4.61. The summed E-state index contributed by atoms with van der Waals surface area (Å²) in [7, 11) is 0. The van der Waals surface area contributed by atoms with E-state index in [-0.39, 0.29) is 12.8 Å². The minimum atomic E-state index is -2.52. The lowest BCUT2D eigenvalue weighted by Crippen LogP contribution is -2.13. The topological polar surface area (TPSA) is 0 Å². The van der Waals surface area contributed by atoms with Gasteiger partial charge in [0.1, 0.15) is 0 Å². The van der Waals surface area contributed by atoms with Crippen molar-refractivity contribution in [1.29, 1.82) is 0 Å². The van der Waals surface area contributed by atoms with Crippen LogP contribution >= 0.6 is 0 Å². The summed E-state index contributed by atoms with van der Waals surface area (Å²) in [5, 5.41) is 0. The van der Waals surface area contributed by atoms with E-state index in [1.165, 1.54) is 6.08 Å². The standard InChI is InChI=1S/C10H18F2/c1-3-5-6-7-9-10(11,12)8-4-2/h4H,2-3,5-9H2,1H3. The number of alkyl halides is 2. The first-order chi connectivity index (χ1) is 5.62. The minimum Gasteiger partial charge on any atom is -0.207 e. The fraction of sp³-hybridized carbons (Fsp3) is 0.800. The van der Waals surface area contributed by atoms with Crippen molar-refractivity contribution in [3.63, 3.8) is 0 Å². The fourth-order valence-corrected chi connectivity index (χ4v) is 1.12. The maximum absolute atomic E-state index is 12.8. The van der Waals surface area contributed by atoms with Crippen LogP contribution in [-0.4, -0.2) is 5.92 Å². The molecule has 0 aromatic carbocycles. The van der Waals surface area contributed by atoms with E-state index in [0.29, 0.717) is 6.42 Å². The van der Waals surface area contributed by atoms with Crippen LogP contribution in [-0.2, 0) is 0 Å². The zero-order chi connectivity index (χ0) is 9.45. The molecule has 0 atom stereocenters. The lowest BCUT2D eigenvalue weighted by molar-refractivity contribution is -0.00671. The van der Waals surface area contributed by atoms with E-state index < -0.39 is 5.92 Å². The molecule has 0 heterocycles. The van der Waals surface area contributed by atoms with Crippen LogP contribution in [0.3, 0.4) is 0 Å². The van der Waals surface area contributed by atoms with Crippen molar-refractivity contribution in [2.45, 2.75) is 51.4 Å². The van der Waals surface area contributed by atoms with Crippen LogP contribution in [0.2, 0.25) is 0 Å². The minimum absolute atomic E-state index is 0.0129. The molecule has 0 bridgehead atoms. The van der Waals surface area contributed by atoms with Crippen molar-refractivity contribution < 1.29 is 8.78 Å². The second-order valence-electron chi connectivity index (χ2n) is 3.16. The summed E-state index contributed by atoms with van der Waals surface area (Å²) >= 11 is 0. The predicted molar refractivity (Wildman–Crippen MR) is 48.5 cm³/mol. The van der Waals surface area contributed by atoms with E-state index in [0.717, 1.165) is 19.3 Å². The Morgan fingerprint density at radius 1 is 1.25 bits per heavy atom. The van der Waals surface area contributed by atoms with E-state index in [1.807, 2.05) is 0 Å². The van der Waals surface area contributed by atoms with Gasteiger partial charge in [-0.3, -0.25) is 0 Å². The van der Waals surface area contributed by atoms with Crippen LogP contribution in [0, 0.1) is 0 Å². The molecule has 0 aromatic rings. The molecule has 12 heavy (non-hydrogen) atoms. The van der Waals surface area contributed by atoms with Gasteiger partial charge in [-0.05, 0) is 6.42 Å². The molecule has 0 saturated carbocycles. The highest BCUT2D eigenvalue weighted by molar-refractivity contribution is 4.78. The molecule has 0 unspecified atom stereocenters. The Kier molecular flexibility index (Phi) is 5.95. The number of halogens is 2. The molecule has 0 saturated heterocycles. The van der Waals surface area contributed by atoms with Gasteiger partial charge in [-0.1, -0.05) is 32.3 Å². The normalized spacial score (nSPS) is 11.6. The number of hydrogen-bond acceptors (Lipinski definition) is 0. The Morgan fingerprint density at radius 2 is 1.92 bits per heavy atom. The van der Waals surface area contributed by atoms with Crippen molar-refractivity contribution in [2.24, 2.45) is 0 Å². The molecule has 0 radical (unpaired) electrons. The third-order valence-electron chi connectivity index (χ3n) is 1.84. The zero-order valence-electron chi connectivity index (χ0n) is 7.78. The Balaban J connectivity index is 3.39. The van der Waals surface area contributed by atoms with Gasteiger partial charge in [-0.25, -0.2) is 8.78 Å². The molecule has 2 heteroatoms. The SMILES string of the molecule is C=CCC(F)(F)CCCCCC. The average molecular weight is 176 g/mol. The molecule has 72 valence electrons. The van der Waals surface area contributed by atoms with Gasteiger partial charge >= 0.3 is 0 Å². The van der Waals surface area contributed by atoms with Crippen molar-refractivity contribution in [3.05, 3.63) is 12.7 Å². The van der Waals surface area contributed by atoms with Gasteiger partial charge in [0.05, 0.1) is 0 Å². The summed E-state index contributed by atoms with van der Waals surface area (Å²) in [5.74, 6) is -2.52. The maximum atomic E-state index is 12.8. The summed E-state index contributed by atoms with van der Waals surface area (Å²) in [4.78, 5) is 0. The second kappa shape index (κ2) is 6.15. The first-order valence-corrected chi connectivity index (χ1v) is 4.61. The molecule has 0 aromatic heterocycles. The van der Waals surface area contributed by atoms with Gasteiger partial charge < -0.3 is 0 Å². The van der Waals surface area contributed by atoms with Gasteiger partial charge in [0.25, 0.3) is 5.92 Å². The van der Waals surface area contributed by atoms with Crippen molar-refractivity contribution in [2.75, 3.05) is 0 Å². The summed E-state index contributed by atoms with van der Waals surface area (Å²) in [6.45, 7) is 5.38. The van der Waals surface area contributed by atoms with Gasteiger partial charge in [-0.2, -0.15) is 0 Å². The van der Waals surface area contributed by atoms with Crippen LogP contribution in [0.15, 0.2) is 12.7 Å². The van der Waals surface area contributed by atoms with Crippen molar-refractivity contribution in [1.82, 2.24) is 0 Å². The number of unbranched alkanes of at least 4 members (excludes halogenated alkanes) is 3. The van der Waals surface area contributed by atoms with Crippen molar-refractivity contribution >= 4 is 0 Å². The number of rotatable bonds is 7. The number of allylic oxidation sites excluding steroid dienone is 1. The van der Waals surface area contributed by atoms with E-state index in [9.17, 15) is 8.78 Å². The Morgan fingerprint density at radius 3 is 2.42 bits per heavy atom. The van der Waals surface area contributed by atoms with Gasteiger partial charge in [-0.15, -0.1) is 6.58 Å². The van der Waals surface area contributed by atoms with Crippen LogP contribution < -0.4 is 0 Å². The van der Waals surface area contributed by atoms with Gasteiger partial charge in [0.2, 0.25) is 0 Å². The summed E-state index contributed by atoms with van der Waals surface area (Å²) in [6, 6.07) is 0. The lowest BCUT2D eigenvalue weighted by atomic mass is 10.1. The molecular weight excluding hydrogens is 158 g/mol. The average Bonchev–Trinajstić information content (AvgIpc) is 1.98. The van der Waals surface area contributed by atoms with Crippen LogP contribution in [0.5, 0.6) is 0 Å². The quantitative estimate of drug-likeness (QED) is 0.403. The van der Waals surface area contributed by atoms with Gasteiger partial charge in [0.15, 0.2) is 0 Å². The summed E-state index contributed by atoms with van der Waals surface area (Å²) in [5.41, 5.74) is 0. The van der Waals surface area contributed by atoms with E-state index >= 15 is 0 Å². The lowest BCUT2D eigenvalue weighted by Gasteiger charge is -2.13. The molecule has 0 spiro atoms. The smallest absolute Gasteiger partial charge is 0.207 e. The van der Waals surface area contributed by atoms with Crippen molar-refractivity contribution in [3.8, 4) is 0 Å². The maximum Gasteiger partial charge on any atom is 0.251 e. The predicted octanol–water partition coefficient (Wildman–Crippen LogP) is 4.17. The largest absolute Gasteiger partial charge is 0.251 e. The van der Waals surface area contributed by atoms with E-state index in [4.69, 9.17) is 0 Å². The zero-order valence-corrected chi connectivity index (χ0v) is 7.78. The highest BCUT2D eigenvalue weighted by atomic mass is 19.3. The Hall–Kier alpha value is -0.400. The highest BCUT2D eigenvalue weighted by Crippen LogP contribution is 2.25. The fourth-order valence-electron chi connectivity index (χ4n) is 1.12. The molecule has 0 nitrogen and oxygen atoms in total. The molecule has 0 N–H and O–H groups in total. The summed E-state index contributed by atoms with van der Waals surface area (Å²) in [6.07, 6.45) is 4.83. The Bertz CT molecular complexity index is 119. The third-order valence-corrected chi connectivity index (χ3v) is 1.84. The first kappa shape index (κ1) is 11.6. The molecule has 0 aliphatic rings. The molecular formula is C10H18F2. The second-order valence-corrected chi connectivity index (χ2v) is 3.16. The van der Waals surface area contributed by atoms with Gasteiger partial charge in [0, 0.05) is 12.8 Å². The Labute approximate surface area is 73.7 Å². The highest BCUT2D eigenvalue weighted by Gasteiger charge is 2.25. The molecule has 0 aliphatic carbocycles. The molecule has 0 amide bonds. The van der Waals surface area contributed by atoms with Crippen LogP contribution in [0.25, 0.3) is 0 Å². The van der Waals surface area contributed by atoms with E-state index in [1.54, 1.807) is 0 Å². The number of hydrogen-bond donors (Lipinski definition) is 0. The third kappa shape index (κ3) is 6.32.